The van der Waals surface area contributed by atoms with E-state index in [2.05, 4.69) is 45.6 Å². The fourth-order valence-corrected chi connectivity index (χ4v) is 4.40. The summed E-state index contributed by atoms with van der Waals surface area (Å²) in [6.07, 6.45) is 9.77. The van der Waals surface area contributed by atoms with Gasteiger partial charge in [0.2, 0.25) is 5.91 Å². The van der Waals surface area contributed by atoms with Crippen LogP contribution in [0.3, 0.4) is 0 Å². The highest BCUT2D eigenvalue weighted by Gasteiger charge is 2.46. The number of amides is 1. The summed E-state index contributed by atoms with van der Waals surface area (Å²) >= 11 is 0. The first-order valence-corrected chi connectivity index (χ1v) is 10.4. The van der Waals surface area contributed by atoms with Gasteiger partial charge in [-0.15, -0.1) is 0 Å². The van der Waals surface area contributed by atoms with Gasteiger partial charge in [0, 0.05) is 62.3 Å². The van der Waals surface area contributed by atoms with Crippen LogP contribution in [0.15, 0.2) is 48.2 Å². The predicted octanol–water partition coefficient (Wildman–Crippen LogP) is 3.00. The molecule has 3 aliphatic rings. The van der Waals surface area contributed by atoms with Gasteiger partial charge in [-0.1, -0.05) is 37.3 Å². The summed E-state index contributed by atoms with van der Waals surface area (Å²) in [4.78, 5) is 21.6. The molecule has 148 valence electrons. The van der Waals surface area contributed by atoms with Crippen molar-refractivity contribution in [3.63, 3.8) is 0 Å². The summed E-state index contributed by atoms with van der Waals surface area (Å²) < 4.78 is 0. The number of allylic oxidation sites excluding steroid dienone is 1. The molecule has 1 aromatic rings. The Bertz CT molecular complexity index is 770. The van der Waals surface area contributed by atoms with E-state index in [0.29, 0.717) is 11.8 Å². The standard InChI is InChI=1S/C23H30N4O/c1-2-25-16-19(15-24)17-6-8-18(9-7-17)21-14-22(21)23(28)27-12-10-26(11-13-27)20-4-3-5-20/h2,6-9,15-16,20-22H,1,3-5,10-14,24H2/b19-15+,25-16-/t21-,22+/m1/s1. The van der Waals surface area contributed by atoms with Crippen LogP contribution in [0, 0.1) is 5.92 Å². The number of aliphatic imine (C=N–C) groups is 1. The van der Waals surface area contributed by atoms with Crippen LogP contribution >= 0.6 is 0 Å². The highest BCUT2D eigenvalue weighted by molar-refractivity contribution is 6.09. The Morgan fingerprint density at radius 2 is 1.86 bits per heavy atom. The molecular weight excluding hydrogens is 348 g/mol. The maximum atomic E-state index is 12.9. The van der Waals surface area contributed by atoms with Gasteiger partial charge in [0.1, 0.15) is 0 Å². The lowest BCUT2D eigenvalue weighted by molar-refractivity contribution is -0.135. The van der Waals surface area contributed by atoms with Gasteiger partial charge in [0.15, 0.2) is 0 Å². The minimum absolute atomic E-state index is 0.160. The van der Waals surface area contributed by atoms with E-state index in [1.165, 1.54) is 31.0 Å². The summed E-state index contributed by atoms with van der Waals surface area (Å²) in [6.45, 7) is 7.46. The van der Waals surface area contributed by atoms with E-state index >= 15 is 0 Å². The molecule has 2 saturated carbocycles. The Kier molecular flexibility index (Phi) is 5.62. The quantitative estimate of drug-likeness (QED) is 0.774. The number of benzene rings is 1. The number of piperazine rings is 1. The van der Waals surface area contributed by atoms with Crippen LogP contribution in [-0.2, 0) is 4.79 Å². The summed E-state index contributed by atoms with van der Waals surface area (Å²) in [5.41, 5.74) is 8.82. The van der Waals surface area contributed by atoms with Crippen LogP contribution in [0.25, 0.3) is 5.57 Å². The summed E-state index contributed by atoms with van der Waals surface area (Å²) in [5.74, 6) is 0.870. The van der Waals surface area contributed by atoms with Crippen molar-refractivity contribution in [1.29, 1.82) is 0 Å². The van der Waals surface area contributed by atoms with E-state index in [4.69, 9.17) is 5.73 Å². The minimum atomic E-state index is 0.160. The van der Waals surface area contributed by atoms with Crippen LogP contribution in [-0.4, -0.2) is 54.1 Å². The fourth-order valence-electron chi connectivity index (χ4n) is 4.40. The molecule has 3 fully saturated rings. The zero-order chi connectivity index (χ0) is 19.5. The Morgan fingerprint density at radius 3 is 2.43 bits per heavy atom. The largest absolute Gasteiger partial charge is 0.404 e. The number of hydrogen-bond donors (Lipinski definition) is 1. The van der Waals surface area contributed by atoms with Crippen molar-refractivity contribution in [2.75, 3.05) is 26.2 Å². The number of rotatable bonds is 6. The maximum absolute atomic E-state index is 12.9. The van der Waals surface area contributed by atoms with Crippen LogP contribution in [0.5, 0.6) is 0 Å². The summed E-state index contributed by atoms with van der Waals surface area (Å²) in [7, 11) is 0. The number of nitrogens with two attached hydrogens (primary N) is 1. The van der Waals surface area contributed by atoms with Gasteiger partial charge in [-0.05, 0) is 36.3 Å². The van der Waals surface area contributed by atoms with Crippen molar-refractivity contribution in [2.24, 2.45) is 16.6 Å². The van der Waals surface area contributed by atoms with Gasteiger partial charge in [-0.3, -0.25) is 14.7 Å². The molecule has 0 bridgehead atoms. The van der Waals surface area contributed by atoms with Crippen LogP contribution in [0.1, 0.15) is 42.7 Å². The molecule has 0 radical (unpaired) electrons. The molecule has 2 N–H and O–H groups in total. The molecule has 1 aliphatic heterocycles. The van der Waals surface area contributed by atoms with E-state index in [-0.39, 0.29) is 5.92 Å². The van der Waals surface area contributed by atoms with Gasteiger partial charge < -0.3 is 10.6 Å². The monoisotopic (exact) mass is 378 g/mol. The van der Waals surface area contributed by atoms with E-state index in [9.17, 15) is 4.79 Å². The van der Waals surface area contributed by atoms with E-state index in [0.717, 1.165) is 49.8 Å². The molecule has 28 heavy (non-hydrogen) atoms. The number of nitrogens with zero attached hydrogens (tertiary/aromatic N) is 3. The molecule has 2 aliphatic carbocycles. The van der Waals surface area contributed by atoms with Crippen molar-refractivity contribution < 1.29 is 4.79 Å². The third kappa shape index (κ3) is 3.90. The zero-order valence-electron chi connectivity index (χ0n) is 16.5. The van der Waals surface area contributed by atoms with Crippen molar-refractivity contribution in [3.8, 4) is 0 Å². The molecule has 0 spiro atoms. The first-order chi connectivity index (χ1) is 13.7. The van der Waals surface area contributed by atoms with Crippen LogP contribution < -0.4 is 5.73 Å². The molecule has 2 atom stereocenters. The minimum Gasteiger partial charge on any atom is -0.404 e. The van der Waals surface area contributed by atoms with Crippen LogP contribution in [0.4, 0.5) is 0 Å². The molecule has 1 heterocycles. The molecule has 0 aromatic heterocycles. The SMILES string of the molecule is C=C/N=C\C(=C/N)c1ccc([C@H]2C[C@@H]2C(=O)N2CCN(C3CCC3)CC2)cc1. The molecular formula is C23H30N4O. The molecule has 0 unspecified atom stereocenters. The lowest BCUT2D eigenvalue weighted by atomic mass is 9.91. The second-order valence-electron chi connectivity index (χ2n) is 8.10. The average molecular weight is 379 g/mol. The Balaban J connectivity index is 1.32. The third-order valence-electron chi connectivity index (χ3n) is 6.50. The van der Waals surface area contributed by atoms with Crippen molar-refractivity contribution in [3.05, 3.63) is 54.4 Å². The molecule has 5 heteroatoms. The molecule has 1 amide bonds. The second-order valence-corrected chi connectivity index (χ2v) is 8.10. The van der Waals surface area contributed by atoms with Crippen molar-refractivity contribution in [2.45, 2.75) is 37.6 Å². The van der Waals surface area contributed by atoms with Gasteiger partial charge >= 0.3 is 0 Å². The first kappa shape index (κ1) is 18.9. The lowest BCUT2D eigenvalue weighted by Gasteiger charge is -2.43. The number of carbonyl (C=O) groups excluding carboxylic acids is 1. The predicted molar refractivity (Wildman–Crippen MR) is 114 cm³/mol. The third-order valence-corrected chi connectivity index (χ3v) is 6.50. The Morgan fingerprint density at radius 1 is 1.14 bits per heavy atom. The van der Waals surface area contributed by atoms with Crippen molar-refractivity contribution >= 4 is 17.7 Å². The Hall–Kier alpha value is -2.40. The van der Waals surface area contributed by atoms with Crippen LogP contribution in [0.2, 0.25) is 0 Å². The van der Waals surface area contributed by atoms with E-state index < -0.39 is 0 Å². The van der Waals surface area contributed by atoms with E-state index in [1.54, 1.807) is 12.4 Å². The fraction of sp³-hybridized carbons (Fsp3) is 0.478. The maximum Gasteiger partial charge on any atom is 0.226 e. The Labute approximate surface area is 167 Å². The number of carbonyl (C=O) groups is 1. The van der Waals surface area contributed by atoms with Gasteiger partial charge in [0.05, 0.1) is 0 Å². The summed E-state index contributed by atoms with van der Waals surface area (Å²) in [6, 6.07) is 9.13. The molecule has 1 saturated heterocycles. The highest BCUT2D eigenvalue weighted by atomic mass is 16.2. The normalized spacial score (nSPS) is 26.3. The van der Waals surface area contributed by atoms with Crippen molar-refractivity contribution in [1.82, 2.24) is 9.80 Å². The average Bonchev–Trinajstić information content (AvgIpc) is 3.49. The molecule has 1 aromatic carbocycles. The first-order valence-electron chi connectivity index (χ1n) is 10.4. The highest BCUT2D eigenvalue weighted by Crippen LogP contribution is 2.48. The van der Waals surface area contributed by atoms with Gasteiger partial charge in [-0.2, -0.15) is 0 Å². The topological polar surface area (TPSA) is 61.9 Å². The smallest absolute Gasteiger partial charge is 0.226 e. The van der Waals surface area contributed by atoms with Gasteiger partial charge in [-0.25, -0.2) is 0 Å². The summed E-state index contributed by atoms with van der Waals surface area (Å²) in [5, 5.41) is 0. The van der Waals surface area contributed by atoms with E-state index in [1.807, 2.05) is 0 Å². The second kappa shape index (κ2) is 8.31. The molecule has 4 rings (SSSR count). The molecule has 5 nitrogen and oxygen atoms in total. The van der Waals surface area contributed by atoms with Gasteiger partial charge in [0.25, 0.3) is 0 Å². The lowest BCUT2D eigenvalue weighted by Crippen LogP contribution is -2.53. The zero-order valence-corrected chi connectivity index (χ0v) is 16.5. The number of hydrogen-bond acceptors (Lipinski definition) is 4.